The Morgan fingerprint density at radius 3 is 2.65 bits per heavy atom. The summed E-state index contributed by atoms with van der Waals surface area (Å²) in [6.07, 6.45) is 3.49. The second-order valence-corrected chi connectivity index (χ2v) is 7.54. The molecule has 0 spiro atoms. The normalized spacial score (nSPS) is 11.3. The predicted molar refractivity (Wildman–Crippen MR) is 121 cm³/mol. The van der Waals surface area contributed by atoms with Crippen molar-refractivity contribution in [2.24, 2.45) is 7.05 Å². The van der Waals surface area contributed by atoms with Gasteiger partial charge >= 0.3 is 0 Å². The Hall–Kier alpha value is -3.71. The number of hydrogen-bond acceptors (Lipinski definition) is 5. The maximum absolute atomic E-state index is 13.7. The molecule has 3 aromatic heterocycles. The minimum atomic E-state index is -0.207. The molecule has 0 saturated carbocycles. The van der Waals surface area contributed by atoms with Crippen LogP contribution in [0.2, 0.25) is 5.02 Å². The van der Waals surface area contributed by atoms with E-state index in [1.807, 2.05) is 38.4 Å². The van der Waals surface area contributed by atoms with Crippen LogP contribution in [-0.2, 0) is 7.05 Å². The number of rotatable bonds is 4. The van der Waals surface area contributed by atoms with E-state index in [9.17, 15) is 4.79 Å². The quantitative estimate of drug-likeness (QED) is 0.422. The first-order valence-corrected chi connectivity index (χ1v) is 10.2. The van der Waals surface area contributed by atoms with Crippen LogP contribution < -0.4 is 10.3 Å². The lowest BCUT2D eigenvalue weighted by Gasteiger charge is -2.13. The standard InChI is InChI=1S/C23H18ClN5O2/c1-3-31-21-12-25-20-11-18(14-4-9-19-15(10-14)13-28(2)27-19)23(30)29(22(20)26-21)17-7-5-16(24)6-8-17/h4-13H,3H2,1-2H3. The monoisotopic (exact) mass is 431 g/mol. The smallest absolute Gasteiger partial charge is 0.264 e. The average molecular weight is 432 g/mol. The molecule has 0 bridgehead atoms. The molecule has 0 unspecified atom stereocenters. The number of nitrogens with zero attached hydrogens (tertiary/aromatic N) is 5. The number of benzene rings is 2. The second-order valence-electron chi connectivity index (χ2n) is 7.10. The van der Waals surface area contributed by atoms with E-state index >= 15 is 0 Å². The lowest BCUT2D eigenvalue weighted by Crippen LogP contribution is -2.22. The molecule has 0 atom stereocenters. The van der Waals surface area contributed by atoms with E-state index in [-0.39, 0.29) is 5.56 Å². The van der Waals surface area contributed by atoms with E-state index in [2.05, 4.69) is 15.1 Å². The molecule has 31 heavy (non-hydrogen) atoms. The van der Waals surface area contributed by atoms with E-state index in [4.69, 9.17) is 16.3 Å². The Morgan fingerprint density at radius 1 is 1.06 bits per heavy atom. The minimum absolute atomic E-state index is 0.207. The van der Waals surface area contributed by atoms with Crippen molar-refractivity contribution < 1.29 is 4.74 Å². The van der Waals surface area contributed by atoms with E-state index in [1.54, 1.807) is 45.8 Å². The highest BCUT2D eigenvalue weighted by atomic mass is 35.5. The van der Waals surface area contributed by atoms with E-state index < -0.39 is 0 Å². The molecule has 8 heteroatoms. The summed E-state index contributed by atoms with van der Waals surface area (Å²) in [5.41, 5.74) is 3.61. The maximum Gasteiger partial charge on any atom is 0.264 e. The molecule has 0 aliphatic rings. The molecule has 7 nitrogen and oxygen atoms in total. The fourth-order valence-corrected chi connectivity index (χ4v) is 3.75. The number of fused-ring (bicyclic) bond motifs is 2. The topological polar surface area (TPSA) is 74.8 Å². The molecule has 5 rings (SSSR count). The lowest BCUT2D eigenvalue weighted by atomic mass is 10.0. The van der Waals surface area contributed by atoms with Gasteiger partial charge in [-0.15, -0.1) is 0 Å². The van der Waals surface area contributed by atoms with E-state index in [0.29, 0.717) is 39.9 Å². The van der Waals surface area contributed by atoms with Crippen LogP contribution in [0.15, 0.2) is 65.7 Å². The Labute approximate surface area is 182 Å². The van der Waals surface area contributed by atoms with Crippen molar-refractivity contribution in [3.8, 4) is 22.7 Å². The first kappa shape index (κ1) is 19.3. The van der Waals surface area contributed by atoms with Crippen molar-refractivity contribution in [2.45, 2.75) is 6.92 Å². The van der Waals surface area contributed by atoms with Crippen LogP contribution in [0, 0.1) is 0 Å². The zero-order chi connectivity index (χ0) is 21.5. The second kappa shape index (κ2) is 7.52. The molecular weight excluding hydrogens is 414 g/mol. The zero-order valence-corrected chi connectivity index (χ0v) is 17.7. The summed E-state index contributed by atoms with van der Waals surface area (Å²) in [6.45, 7) is 2.32. The predicted octanol–water partition coefficient (Wildman–Crippen LogP) is 4.39. The maximum atomic E-state index is 13.7. The van der Waals surface area contributed by atoms with Gasteiger partial charge in [0.1, 0.15) is 5.52 Å². The highest BCUT2D eigenvalue weighted by Gasteiger charge is 2.16. The van der Waals surface area contributed by atoms with Crippen molar-refractivity contribution in [1.29, 1.82) is 0 Å². The molecule has 0 fully saturated rings. The van der Waals surface area contributed by atoms with Gasteiger partial charge in [0.2, 0.25) is 5.88 Å². The van der Waals surface area contributed by atoms with Crippen molar-refractivity contribution in [3.63, 3.8) is 0 Å². The van der Waals surface area contributed by atoms with Crippen molar-refractivity contribution in [2.75, 3.05) is 6.61 Å². The van der Waals surface area contributed by atoms with Crippen LogP contribution in [0.5, 0.6) is 5.88 Å². The van der Waals surface area contributed by atoms with Gasteiger partial charge in [0, 0.05) is 29.2 Å². The molecule has 3 heterocycles. The first-order valence-electron chi connectivity index (χ1n) is 9.79. The van der Waals surface area contributed by atoms with Gasteiger partial charge in [0.05, 0.1) is 24.0 Å². The van der Waals surface area contributed by atoms with Crippen molar-refractivity contribution in [3.05, 3.63) is 76.3 Å². The fourth-order valence-electron chi connectivity index (χ4n) is 3.63. The molecule has 0 N–H and O–H groups in total. The lowest BCUT2D eigenvalue weighted by molar-refractivity contribution is 0.326. The molecule has 0 aliphatic carbocycles. The van der Waals surface area contributed by atoms with Crippen LogP contribution in [0.1, 0.15) is 6.92 Å². The van der Waals surface area contributed by atoms with Gasteiger partial charge in [0.15, 0.2) is 5.65 Å². The van der Waals surface area contributed by atoms with Gasteiger partial charge in [0.25, 0.3) is 5.56 Å². The van der Waals surface area contributed by atoms with Crippen molar-refractivity contribution >= 4 is 33.7 Å². The zero-order valence-electron chi connectivity index (χ0n) is 16.9. The Kier molecular flexibility index (Phi) is 4.67. The number of ether oxygens (including phenoxy) is 1. The molecule has 0 aliphatic heterocycles. The summed E-state index contributed by atoms with van der Waals surface area (Å²) >= 11 is 6.06. The number of aromatic nitrogens is 5. The SMILES string of the molecule is CCOc1cnc2cc(-c3ccc4nn(C)cc4c3)c(=O)n(-c3ccc(Cl)cc3)c2n1. The molecular formula is C23H18ClN5O2. The molecule has 0 saturated heterocycles. The minimum Gasteiger partial charge on any atom is -0.477 e. The highest BCUT2D eigenvalue weighted by Crippen LogP contribution is 2.26. The summed E-state index contributed by atoms with van der Waals surface area (Å²) in [7, 11) is 1.87. The van der Waals surface area contributed by atoms with Gasteiger partial charge < -0.3 is 4.74 Å². The summed E-state index contributed by atoms with van der Waals surface area (Å²) in [4.78, 5) is 22.7. The number of halogens is 1. The molecule has 2 aromatic carbocycles. The van der Waals surface area contributed by atoms with Crippen LogP contribution in [0.25, 0.3) is 38.9 Å². The van der Waals surface area contributed by atoms with Gasteiger partial charge in [-0.05, 0) is 55.0 Å². The van der Waals surface area contributed by atoms with Crippen LogP contribution >= 0.6 is 11.6 Å². The summed E-state index contributed by atoms with van der Waals surface area (Å²) in [6, 6.07) is 14.6. The van der Waals surface area contributed by atoms with Gasteiger partial charge in [-0.3, -0.25) is 14.0 Å². The number of aryl methyl sites for hydroxylation is 1. The summed E-state index contributed by atoms with van der Waals surface area (Å²) in [5, 5.41) is 5.94. The van der Waals surface area contributed by atoms with Gasteiger partial charge in [-0.2, -0.15) is 10.1 Å². The highest BCUT2D eigenvalue weighted by molar-refractivity contribution is 6.30. The largest absolute Gasteiger partial charge is 0.477 e. The van der Waals surface area contributed by atoms with E-state index in [1.165, 1.54) is 0 Å². The van der Waals surface area contributed by atoms with E-state index in [0.717, 1.165) is 16.5 Å². The molecule has 0 amide bonds. The third kappa shape index (κ3) is 3.43. The average Bonchev–Trinajstić information content (AvgIpc) is 3.14. The van der Waals surface area contributed by atoms with Crippen LogP contribution in [0.3, 0.4) is 0 Å². The van der Waals surface area contributed by atoms with Crippen LogP contribution in [-0.4, -0.2) is 30.9 Å². The summed E-state index contributed by atoms with van der Waals surface area (Å²) in [5.74, 6) is 0.363. The Morgan fingerprint density at radius 2 is 1.87 bits per heavy atom. The van der Waals surface area contributed by atoms with Crippen molar-refractivity contribution in [1.82, 2.24) is 24.3 Å². The number of pyridine rings is 1. The third-order valence-electron chi connectivity index (χ3n) is 4.99. The fraction of sp³-hybridized carbons (Fsp3) is 0.130. The Balaban J connectivity index is 1.81. The summed E-state index contributed by atoms with van der Waals surface area (Å²) < 4.78 is 8.81. The molecule has 5 aromatic rings. The molecule has 154 valence electrons. The Bertz CT molecular complexity index is 1490. The van der Waals surface area contributed by atoms with Gasteiger partial charge in [-0.1, -0.05) is 17.7 Å². The molecule has 0 radical (unpaired) electrons. The third-order valence-corrected chi connectivity index (χ3v) is 5.24. The van der Waals surface area contributed by atoms with Crippen LogP contribution in [0.4, 0.5) is 0 Å². The van der Waals surface area contributed by atoms with Gasteiger partial charge in [-0.25, -0.2) is 4.98 Å². The number of hydrogen-bond donors (Lipinski definition) is 0. The first-order chi connectivity index (χ1) is 15.0.